The largest absolute Gasteiger partial charge is 0.393 e. The summed E-state index contributed by atoms with van der Waals surface area (Å²) in [6, 6.07) is 7.59. The van der Waals surface area contributed by atoms with Crippen molar-refractivity contribution in [2.75, 3.05) is 25.5 Å². The third-order valence-corrected chi connectivity index (χ3v) is 3.38. The number of carbonyl (C=O) groups excluding carboxylic acids is 1. The van der Waals surface area contributed by atoms with Crippen molar-refractivity contribution in [3.05, 3.63) is 29.8 Å². The second-order valence-corrected chi connectivity index (χ2v) is 5.45. The van der Waals surface area contributed by atoms with Crippen LogP contribution in [0.25, 0.3) is 0 Å². The summed E-state index contributed by atoms with van der Waals surface area (Å²) in [5.74, 6) is 0.0137. The molecule has 21 heavy (non-hydrogen) atoms. The van der Waals surface area contributed by atoms with Gasteiger partial charge in [0, 0.05) is 25.2 Å². The summed E-state index contributed by atoms with van der Waals surface area (Å²) in [4.78, 5) is 14.1. The average molecular weight is 293 g/mol. The molecule has 118 valence electrons. The van der Waals surface area contributed by atoms with Crippen molar-refractivity contribution >= 4 is 11.6 Å². The van der Waals surface area contributed by atoms with Gasteiger partial charge in [0.15, 0.2) is 0 Å². The fourth-order valence-electron chi connectivity index (χ4n) is 2.06. The lowest BCUT2D eigenvalue weighted by atomic mass is 10.1. The predicted molar refractivity (Wildman–Crippen MR) is 86.0 cm³/mol. The lowest BCUT2D eigenvalue weighted by Gasteiger charge is -2.17. The molecule has 0 spiro atoms. The van der Waals surface area contributed by atoms with Crippen LogP contribution in [0.5, 0.6) is 0 Å². The van der Waals surface area contributed by atoms with Gasteiger partial charge in [-0.2, -0.15) is 0 Å². The summed E-state index contributed by atoms with van der Waals surface area (Å²) in [6.07, 6.45) is 1.76. The highest BCUT2D eigenvalue weighted by Crippen LogP contribution is 2.14. The number of nitrogens with zero attached hydrogens (tertiary/aromatic N) is 1. The minimum Gasteiger partial charge on any atom is -0.393 e. The van der Waals surface area contributed by atoms with E-state index in [0.717, 1.165) is 37.2 Å². The van der Waals surface area contributed by atoms with E-state index in [1.165, 1.54) is 0 Å². The topological polar surface area (TPSA) is 78.6 Å². The smallest absolute Gasteiger partial charge is 0.224 e. The Labute approximate surface area is 127 Å². The van der Waals surface area contributed by atoms with Gasteiger partial charge in [-0.3, -0.25) is 4.79 Å². The van der Waals surface area contributed by atoms with Crippen LogP contribution < -0.4 is 11.1 Å². The number of para-hydroxylation sites is 1. The molecule has 0 aromatic heterocycles. The van der Waals surface area contributed by atoms with Gasteiger partial charge in [0.05, 0.1) is 6.10 Å². The fraction of sp³-hybridized carbons (Fsp3) is 0.562. The van der Waals surface area contributed by atoms with Gasteiger partial charge in [-0.15, -0.1) is 0 Å². The lowest BCUT2D eigenvalue weighted by molar-refractivity contribution is -0.116. The van der Waals surface area contributed by atoms with Crippen LogP contribution in [0.2, 0.25) is 0 Å². The zero-order valence-corrected chi connectivity index (χ0v) is 13.0. The summed E-state index contributed by atoms with van der Waals surface area (Å²) in [6.45, 7) is 3.89. The molecular formula is C16H27N3O2. The maximum atomic E-state index is 11.9. The fourth-order valence-corrected chi connectivity index (χ4v) is 2.06. The SMILES string of the molecule is CC(O)CCN(C)CCCC(=O)Nc1ccccc1CN. The molecule has 1 amide bonds. The zero-order chi connectivity index (χ0) is 15.7. The Morgan fingerprint density at radius 3 is 2.76 bits per heavy atom. The Balaban J connectivity index is 2.28. The molecule has 1 aromatic rings. The average Bonchev–Trinajstić information content (AvgIpc) is 2.45. The van der Waals surface area contributed by atoms with E-state index in [1.54, 1.807) is 6.92 Å². The van der Waals surface area contributed by atoms with Crippen LogP contribution in [0.3, 0.4) is 0 Å². The number of aliphatic hydroxyl groups is 1. The van der Waals surface area contributed by atoms with E-state index in [1.807, 2.05) is 31.3 Å². The van der Waals surface area contributed by atoms with E-state index in [0.29, 0.717) is 13.0 Å². The van der Waals surface area contributed by atoms with E-state index in [2.05, 4.69) is 10.2 Å². The highest BCUT2D eigenvalue weighted by molar-refractivity contribution is 5.91. The van der Waals surface area contributed by atoms with Gasteiger partial charge in [0.25, 0.3) is 0 Å². The molecule has 0 saturated carbocycles. The van der Waals surface area contributed by atoms with Crippen molar-refractivity contribution in [3.8, 4) is 0 Å². The minimum absolute atomic E-state index is 0.0137. The molecule has 1 rings (SSSR count). The number of anilines is 1. The van der Waals surface area contributed by atoms with Crippen LogP contribution in [0.4, 0.5) is 5.69 Å². The molecule has 5 nitrogen and oxygen atoms in total. The van der Waals surface area contributed by atoms with Gasteiger partial charge in [-0.25, -0.2) is 0 Å². The Morgan fingerprint density at radius 1 is 1.38 bits per heavy atom. The normalized spacial score (nSPS) is 12.4. The molecule has 1 aromatic carbocycles. The Hall–Kier alpha value is -1.43. The summed E-state index contributed by atoms with van der Waals surface area (Å²) in [5.41, 5.74) is 7.39. The number of nitrogens with one attached hydrogen (secondary N) is 1. The van der Waals surface area contributed by atoms with Crippen LogP contribution >= 0.6 is 0 Å². The molecule has 0 saturated heterocycles. The number of hydrogen-bond acceptors (Lipinski definition) is 4. The number of carbonyl (C=O) groups is 1. The van der Waals surface area contributed by atoms with Crippen molar-refractivity contribution in [2.24, 2.45) is 5.73 Å². The summed E-state index contributed by atoms with van der Waals surface area (Å²) >= 11 is 0. The Bertz CT molecular complexity index is 435. The standard InChI is InChI=1S/C16H27N3O2/c1-13(20)9-11-19(2)10-5-8-16(21)18-15-7-4-3-6-14(15)12-17/h3-4,6-7,13,20H,5,8-12,17H2,1-2H3,(H,18,21). The van der Waals surface area contributed by atoms with E-state index < -0.39 is 0 Å². The van der Waals surface area contributed by atoms with Gasteiger partial charge in [0.1, 0.15) is 0 Å². The molecule has 1 atom stereocenters. The highest BCUT2D eigenvalue weighted by Gasteiger charge is 2.07. The van der Waals surface area contributed by atoms with Crippen molar-refractivity contribution in [3.63, 3.8) is 0 Å². The predicted octanol–water partition coefficient (Wildman–Crippen LogP) is 1.57. The Kier molecular flexibility index (Phi) is 7.97. The molecule has 0 heterocycles. The second-order valence-electron chi connectivity index (χ2n) is 5.45. The van der Waals surface area contributed by atoms with Gasteiger partial charge < -0.3 is 21.1 Å². The van der Waals surface area contributed by atoms with E-state index in [9.17, 15) is 9.90 Å². The quantitative estimate of drug-likeness (QED) is 0.646. The van der Waals surface area contributed by atoms with Crippen LogP contribution in [0.1, 0.15) is 31.7 Å². The number of benzene rings is 1. The van der Waals surface area contributed by atoms with Crippen molar-refractivity contribution < 1.29 is 9.90 Å². The molecule has 4 N–H and O–H groups in total. The summed E-state index contributed by atoms with van der Waals surface area (Å²) < 4.78 is 0. The number of rotatable bonds is 9. The molecular weight excluding hydrogens is 266 g/mol. The zero-order valence-electron chi connectivity index (χ0n) is 13.0. The molecule has 0 aliphatic carbocycles. The molecule has 0 aliphatic heterocycles. The first-order valence-electron chi connectivity index (χ1n) is 7.47. The summed E-state index contributed by atoms with van der Waals surface area (Å²) in [5, 5.41) is 12.1. The number of hydrogen-bond donors (Lipinski definition) is 3. The van der Waals surface area contributed by atoms with Crippen LogP contribution in [0.15, 0.2) is 24.3 Å². The van der Waals surface area contributed by atoms with Crippen molar-refractivity contribution in [2.45, 2.75) is 38.8 Å². The van der Waals surface area contributed by atoms with Gasteiger partial charge in [-0.05, 0) is 45.0 Å². The Morgan fingerprint density at radius 2 is 2.10 bits per heavy atom. The number of amides is 1. The van der Waals surface area contributed by atoms with Gasteiger partial charge in [-0.1, -0.05) is 18.2 Å². The molecule has 0 fully saturated rings. The third kappa shape index (κ3) is 7.22. The first kappa shape index (κ1) is 17.6. The van der Waals surface area contributed by atoms with Crippen LogP contribution in [0, 0.1) is 0 Å². The van der Waals surface area contributed by atoms with Crippen LogP contribution in [-0.2, 0) is 11.3 Å². The van der Waals surface area contributed by atoms with Crippen molar-refractivity contribution in [1.29, 1.82) is 0 Å². The van der Waals surface area contributed by atoms with E-state index >= 15 is 0 Å². The monoisotopic (exact) mass is 293 g/mol. The molecule has 5 heteroatoms. The van der Waals surface area contributed by atoms with Crippen LogP contribution in [-0.4, -0.2) is 42.2 Å². The highest BCUT2D eigenvalue weighted by atomic mass is 16.3. The first-order chi connectivity index (χ1) is 10.0. The van der Waals surface area contributed by atoms with Gasteiger partial charge >= 0.3 is 0 Å². The maximum absolute atomic E-state index is 11.9. The molecule has 0 radical (unpaired) electrons. The number of aliphatic hydroxyl groups excluding tert-OH is 1. The summed E-state index contributed by atoms with van der Waals surface area (Å²) in [7, 11) is 2.00. The molecule has 1 unspecified atom stereocenters. The minimum atomic E-state index is -0.275. The lowest BCUT2D eigenvalue weighted by Crippen LogP contribution is -2.24. The molecule has 0 bridgehead atoms. The van der Waals surface area contributed by atoms with Crippen molar-refractivity contribution in [1.82, 2.24) is 4.90 Å². The molecule has 0 aliphatic rings. The van der Waals surface area contributed by atoms with E-state index in [4.69, 9.17) is 5.73 Å². The number of nitrogens with two attached hydrogens (primary N) is 1. The van der Waals surface area contributed by atoms with E-state index in [-0.39, 0.29) is 12.0 Å². The maximum Gasteiger partial charge on any atom is 0.224 e. The first-order valence-corrected chi connectivity index (χ1v) is 7.47. The second kappa shape index (κ2) is 9.50. The van der Waals surface area contributed by atoms with Gasteiger partial charge in [0.2, 0.25) is 5.91 Å². The third-order valence-electron chi connectivity index (χ3n) is 3.38.